The highest BCUT2D eigenvalue weighted by Crippen LogP contribution is 2.25. The fourth-order valence-electron chi connectivity index (χ4n) is 4.50. The summed E-state index contributed by atoms with van der Waals surface area (Å²) in [4.78, 5) is 46.7. The van der Waals surface area contributed by atoms with Gasteiger partial charge >= 0.3 is 0 Å². The number of thioether (sulfide) groups is 1. The van der Waals surface area contributed by atoms with Gasteiger partial charge in [0.15, 0.2) is 0 Å². The van der Waals surface area contributed by atoms with E-state index in [0.717, 1.165) is 56.8 Å². The zero-order valence-electron chi connectivity index (χ0n) is 18.1. The average Bonchev–Trinajstić information content (AvgIpc) is 3.52. The van der Waals surface area contributed by atoms with Crippen LogP contribution in [-0.4, -0.2) is 102 Å². The molecule has 3 aliphatic rings. The number of amides is 3. The summed E-state index contributed by atoms with van der Waals surface area (Å²) in [5.41, 5.74) is 0.670. The Morgan fingerprint density at radius 2 is 1.29 bits per heavy atom. The molecule has 3 aliphatic heterocycles. The average molecular weight is 445 g/mol. The van der Waals surface area contributed by atoms with Gasteiger partial charge in [-0.15, -0.1) is 11.8 Å². The van der Waals surface area contributed by atoms with Crippen LogP contribution >= 0.6 is 11.8 Å². The first-order chi connectivity index (χ1) is 15.1. The highest BCUT2D eigenvalue weighted by Gasteiger charge is 2.27. The molecule has 31 heavy (non-hydrogen) atoms. The van der Waals surface area contributed by atoms with E-state index >= 15 is 0 Å². The lowest BCUT2D eigenvalue weighted by atomic mass is 10.2. The van der Waals surface area contributed by atoms with Gasteiger partial charge < -0.3 is 14.7 Å². The lowest BCUT2D eigenvalue weighted by molar-refractivity contribution is -0.131. The molecule has 0 aromatic heterocycles. The van der Waals surface area contributed by atoms with Gasteiger partial charge in [-0.05, 0) is 37.8 Å². The molecule has 0 atom stereocenters. The van der Waals surface area contributed by atoms with E-state index in [9.17, 15) is 14.4 Å². The van der Waals surface area contributed by atoms with E-state index in [-0.39, 0.29) is 17.7 Å². The molecule has 1 aromatic rings. The van der Waals surface area contributed by atoms with Crippen molar-refractivity contribution in [3.8, 4) is 0 Å². The van der Waals surface area contributed by atoms with Crippen molar-refractivity contribution in [1.29, 1.82) is 0 Å². The first-order valence-corrected chi connectivity index (χ1v) is 12.4. The predicted octanol–water partition coefficient (Wildman–Crippen LogP) is 1.78. The SMILES string of the molecule is O=C(CSc1ccccc1C(=O)N1CCN(CC(=O)N2CCCC2)CC1)N1CCCC1. The normalized spacial score (nSPS) is 19.8. The lowest BCUT2D eigenvalue weighted by Crippen LogP contribution is -2.51. The zero-order chi connectivity index (χ0) is 21.6. The number of hydrogen-bond acceptors (Lipinski definition) is 5. The van der Waals surface area contributed by atoms with Crippen molar-refractivity contribution >= 4 is 29.5 Å². The van der Waals surface area contributed by atoms with Crippen molar-refractivity contribution in [3.05, 3.63) is 29.8 Å². The summed E-state index contributed by atoms with van der Waals surface area (Å²) >= 11 is 1.46. The molecule has 8 heteroatoms. The fraction of sp³-hybridized carbons (Fsp3) is 0.609. The molecule has 0 spiro atoms. The molecule has 0 bridgehead atoms. The molecule has 3 amide bonds. The van der Waals surface area contributed by atoms with Crippen molar-refractivity contribution in [2.45, 2.75) is 30.6 Å². The number of carbonyl (C=O) groups is 3. The second kappa shape index (κ2) is 10.5. The van der Waals surface area contributed by atoms with E-state index in [4.69, 9.17) is 0 Å². The third-order valence-electron chi connectivity index (χ3n) is 6.40. The van der Waals surface area contributed by atoms with Crippen LogP contribution in [0.1, 0.15) is 36.0 Å². The van der Waals surface area contributed by atoms with Crippen molar-refractivity contribution < 1.29 is 14.4 Å². The Morgan fingerprint density at radius 3 is 1.94 bits per heavy atom. The molecular weight excluding hydrogens is 412 g/mol. The Hall–Kier alpha value is -2.06. The number of likely N-dealkylation sites (tertiary alicyclic amines) is 2. The predicted molar refractivity (Wildman–Crippen MR) is 121 cm³/mol. The zero-order valence-corrected chi connectivity index (χ0v) is 18.9. The smallest absolute Gasteiger partial charge is 0.255 e. The maximum atomic E-state index is 13.2. The highest BCUT2D eigenvalue weighted by atomic mass is 32.2. The van der Waals surface area contributed by atoms with Crippen molar-refractivity contribution in [2.24, 2.45) is 0 Å². The summed E-state index contributed by atoms with van der Waals surface area (Å²) in [6.07, 6.45) is 4.38. The van der Waals surface area contributed by atoms with Crippen LogP contribution in [0.15, 0.2) is 29.2 Å². The van der Waals surface area contributed by atoms with Crippen LogP contribution in [-0.2, 0) is 9.59 Å². The number of benzene rings is 1. The van der Waals surface area contributed by atoms with Gasteiger partial charge in [0, 0.05) is 57.3 Å². The maximum absolute atomic E-state index is 13.2. The molecule has 3 fully saturated rings. The number of hydrogen-bond donors (Lipinski definition) is 0. The van der Waals surface area contributed by atoms with Crippen LogP contribution in [0.3, 0.4) is 0 Å². The molecule has 168 valence electrons. The molecule has 3 heterocycles. The van der Waals surface area contributed by atoms with E-state index in [0.29, 0.717) is 44.0 Å². The van der Waals surface area contributed by atoms with E-state index in [1.54, 1.807) is 0 Å². The molecule has 0 radical (unpaired) electrons. The van der Waals surface area contributed by atoms with Gasteiger partial charge in [0.2, 0.25) is 11.8 Å². The Kier molecular flexibility index (Phi) is 7.50. The monoisotopic (exact) mass is 444 g/mol. The summed E-state index contributed by atoms with van der Waals surface area (Å²) in [5, 5.41) is 0. The molecule has 0 N–H and O–H groups in total. The minimum Gasteiger partial charge on any atom is -0.342 e. The number of piperazine rings is 1. The number of nitrogens with zero attached hydrogens (tertiary/aromatic N) is 4. The Bertz CT molecular complexity index is 798. The third kappa shape index (κ3) is 5.60. The molecule has 0 saturated carbocycles. The van der Waals surface area contributed by atoms with Crippen molar-refractivity contribution in [2.75, 3.05) is 64.7 Å². The molecule has 1 aromatic carbocycles. The third-order valence-corrected chi connectivity index (χ3v) is 7.46. The van der Waals surface area contributed by atoms with E-state index in [1.807, 2.05) is 39.0 Å². The van der Waals surface area contributed by atoms with E-state index in [1.165, 1.54) is 11.8 Å². The second-order valence-corrected chi connectivity index (χ2v) is 9.55. The summed E-state index contributed by atoms with van der Waals surface area (Å²) in [5.74, 6) is 0.751. The standard InChI is InChI=1S/C23H32N4O3S/c28-21(25-9-3-4-10-25)17-24-13-15-27(16-14-24)23(30)19-7-1-2-8-20(19)31-18-22(29)26-11-5-6-12-26/h1-2,7-8H,3-6,9-18H2. The van der Waals surface area contributed by atoms with Crippen molar-refractivity contribution in [3.63, 3.8) is 0 Å². The van der Waals surface area contributed by atoms with Gasteiger partial charge in [-0.25, -0.2) is 0 Å². The van der Waals surface area contributed by atoms with Crippen molar-refractivity contribution in [1.82, 2.24) is 19.6 Å². The van der Waals surface area contributed by atoms with E-state index < -0.39 is 0 Å². The van der Waals surface area contributed by atoms with E-state index in [2.05, 4.69) is 4.90 Å². The van der Waals surface area contributed by atoms with Crippen LogP contribution in [0.5, 0.6) is 0 Å². The highest BCUT2D eigenvalue weighted by molar-refractivity contribution is 8.00. The molecule has 4 rings (SSSR count). The Labute approximate surface area is 188 Å². The quantitative estimate of drug-likeness (QED) is 0.626. The topological polar surface area (TPSA) is 64.2 Å². The van der Waals surface area contributed by atoms with Gasteiger partial charge in [0.25, 0.3) is 5.91 Å². The summed E-state index contributed by atoms with van der Waals surface area (Å²) < 4.78 is 0. The van der Waals surface area contributed by atoms with Gasteiger partial charge in [0.1, 0.15) is 0 Å². The molecule has 0 aliphatic carbocycles. The van der Waals surface area contributed by atoms with Crippen LogP contribution in [0.25, 0.3) is 0 Å². The second-order valence-electron chi connectivity index (χ2n) is 8.53. The van der Waals surface area contributed by atoms with Gasteiger partial charge in [-0.2, -0.15) is 0 Å². The maximum Gasteiger partial charge on any atom is 0.255 e. The number of carbonyl (C=O) groups excluding carboxylic acids is 3. The Balaban J connectivity index is 1.29. The summed E-state index contributed by atoms with van der Waals surface area (Å²) in [6.45, 7) is 6.60. The molecule has 7 nitrogen and oxygen atoms in total. The van der Waals surface area contributed by atoms with Gasteiger partial charge in [-0.1, -0.05) is 12.1 Å². The lowest BCUT2D eigenvalue weighted by Gasteiger charge is -2.35. The number of rotatable bonds is 6. The minimum atomic E-state index is 0.0160. The van der Waals surface area contributed by atoms with Crippen LogP contribution < -0.4 is 0 Å². The Morgan fingerprint density at radius 1 is 0.710 bits per heavy atom. The molecule has 3 saturated heterocycles. The summed E-state index contributed by atoms with van der Waals surface area (Å²) in [6, 6.07) is 7.58. The first-order valence-electron chi connectivity index (χ1n) is 11.4. The minimum absolute atomic E-state index is 0.0160. The van der Waals surface area contributed by atoms with Crippen LogP contribution in [0.4, 0.5) is 0 Å². The molecular formula is C23H32N4O3S. The fourth-order valence-corrected chi connectivity index (χ4v) is 5.45. The van der Waals surface area contributed by atoms with Gasteiger partial charge in [-0.3, -0.25) is 19.3 Å². The van der Waals surface area contributed by atoms with Gasteiger partial charge in [0.05, 0.1) is 17.9 Å². The largest absolute Gasteiger partial charge is 0.342 e. The van der Waals surface area contributed by atoms with Crippen LogP contribution in [0, 0.1) is 0 Å². The first kappa shape index (κ1) is 22.1. The summed E-state index contributed by atoms with van der Waals surface area (Å²) in [7, 11) is 0. The van der Waals surface area contributed by atoms with Crippen LogP contribution in [0.2, 0.25) is 0 Å². The molecule has 0 unspecified atom stereocenters.